The van der Waals surface area contributed by atoms with E-state index in [-0.39, 0.29) is 10.1 Å². The topological polar surface area (TPSA) is 44.8 Å². The third-order valence-corrected chi connectivity index (χ3v) is 15.4. The van der Waals surface area contributed by atoms with Crippen LogP contribution in [0.4, 0.5) is 0 Å². The van der Waals surface area contributed by atoms with Gasteiger partial charge in [-0.3, -0.25) is 0 Å². The number of aldehydes is 1. The monoisotopic (exact) mass is 438 g/mol. The zero-order valence-corrected chi connectivity index (χ0v) is 22.2. The average Bonchev–Trinajstić information content (AvgIpc) is 2.57. The Morgan fingerprint density at radius 2 is 1.34 bits per heavy atom. The largest absolute Gasteiger partial charge is 0.409 e. The van der Waals surface area contributed by atoms with E-state index in [1.54, 1.807) is 0 Å². The van der Waals surface area contributed by atoms with E-state index in [4.69, 9.17) is 13.6 Å². The smallest absolute Gasteiger partial charge is 0.193 e. The number of hydrogen-bond donors (Lipinski definition) is 0. The van der Waals surface area contributed by atoms with E-state index in [0.29, 0.717) is 13.2 Å². The van der Waals surface area contributed by atoms with Crippen molar-refractivity contribution < 1.29 is 18.4 Å². The Hall–Kier alpha value is -0.796. The first-order valence-electron chi connectivity index (χ1n) is 10.5. The highest BCUT2D eigenvalue weighted by molar-refractivity contribution is 6.74. The second-order valence-electron chi connectivity index (χ2n) is 10.9. The Morgan fingerprint density at radius 3 is 1.79 bits per heavy atom. The minimum atomic E-state index is -2.13. The molecular formula is C23H42O4Si2. The molecule has 1 aromatic rings. The summed E-state index contributed by atoms with van der Waals surface area (Å²) in [4.78, 5) is 12.1. The van der Waals surface area contributed by atoms with Gasteiger partial charge in [0.1, 0.15) is 18.5 Å². The van der Waals surface area contributed by atoms with Gasteiger partial charge in [0.15, 0.2) is 16.6 Å². The standard InChI is InChI=1S/C23H42O4Si2/c1-22(2,3)28(7,8)26-20(16-24)21(27-29(9,10)23(4,5)6)18-25-17-19-14-12-11-13-15-19/h11-16,20-21H,17-18H2,1-10H3/t20-,21-/m0/s1. The minimum absolute atomic E-state index is 0.0146. The van der Waals surface area contributed by atoms with Gasteiger partial charge in [0.25, 0.3) is 0 Å². The lowest BCUT2D eigenvalue weighted by atomic mass is 10.2. The number of hydrogen-bond acceptors (Lipinski definition) is 4. The van der Waals surface area contributed by atoms with Gasteiger partial charge in [-0.2, -0.15) is 0 Å². The summed E-state index contributed by atoms with van der Waals surface area (Å²) < 4.78 is 19.1. The van der Waals surface area contributed by atoms with Crippen LogP contribution in [0.5, 0.6) is 0 Å². The summed E-state index contributed by atoms with van der Waals surface area (Å²) in [5, 5.41) is 0.0514. The van der Waals surface area contributed by atoms with Crippen LogP contribution in [0.2, 0.25) is 36.3 Å². The number of benzene rings is 1. The zero-order chi connectivity index (χ0) is 22.5. The Bertz CT molecular complexity index is 631. The fourth-order valence-electron chi connectivity index (χ4n) is 2.33. The van der Waals surface area contributed by atoms with E-state index in [0.717, 1.165) is 11.8 Å². The molecule has 0 unspecified atom stereocenters. The number of rotatable bonds is 10. The van der Waals surface area contributed by atoms with Crippen LogP contribution >= 0.6 is 0 Å². The van der Waals surface area contributed by atoms with Crippen molar-refractivity contribution in [2.75, 3.05) is 6.61 Å². The Kier molecular flexibility index (Phi) is 9.05. The summed E-state index contributed by atoms with van der Waals surface area (Å²) in [7, 11) is -4.23. The van der Waals surface area contributed by atoms with Crippen molar-refractivity contribution in [3.05, 3.63) is 35.9 Å². The number of carbonyl (C=O) groups excluding carboxylic acids is 1. The molecule has 4 nitrogen and oxygen atoms in total. The van der Waals surface area contributed by atoms with Gasteiger partial charge in [0.2, 0.25) is 0 Å². The molecule has 6 heteroatoms. The van der Waals surface area contributed by atoms with Crippen LogP contribution < -0.4 is 0 Å². The number of carbonyl (C=O) groups is 1. The first-order valence-corrected chi connectivity index (χ1v) is 16.3. The molecule has 0 heterocycles. The van der Waals surface area contributed by atoms with Crippen LogP contribution in [0.3, 0.4) is 0 Å². The highest BCUT2D eigenvalue weighted by atomic mass is 28.4. The first-order chi connectivity index (χ1) is 13.1. The molecule has 2 atom stereocenters. The third kappa shape index (κ3) is 7.76. The van der Waals surface area contributed by atoms with Crippen LogP contribution in [0.25, 0.3) is 0 Å². The number of ether oxygens (including phenoxy) is 1. The molecular weight excluding hydrogens is 396 g/mol. The maximum absolute atomic E-state index is 12.1. The highest BCUT2D eigenvalue weighted by Crippen LogP contribution is 2.40. The second kappa shape index (κ2) is 10.0. The highest BCUT2D eigenvalue weighted by Gasteiger charge is 2.44. The minimum Gasteiger partial charge on any atom is -0.409 e. The predicted molar refractivity (Wildman–Crippen MR) is 126 cm³/mol. The van der Waals surface area contributed by atoms with Crippen molar-refractivity contribution >= 4 is 22.9 Å². The quantitative estimate of drug-likeness (QED) is 0.323. The Balaban J connectivity index is 3.01. The molecule has 166 valence electrons. The molecule has 0 saturated carbocycles. The van der Waals surface area contributed by atoms with Gasteiger partial charge in [-0.05, 0) is 41.8 Å². The third-order valence-electron chi connectivity index (χ3n) is 6.38. The van der Waals surface area contributed by atoms with Gasteiger partial charge in [0.05, 0.1) is 13.2 Å². The van der Waals surface area contributed by atoms with Crippen molar-refractivity contribution in [1.29, 1.82) is 0 Å². The van der Waals surface area contributed by atoms with Crippen LogP contribution in [-0.2, 0) is 25.0 Å². The summed E-state index contributed by atoms with van der Waals surface area (Å²) in [6.45, 7) is 22.7. The molecule has 0 aliphatic heterocycles. The van der Waals surface area contributed by atoms with E-state index in [1.807, 2.05) is 30.3 Å². The van der Waals surface area contributed by atoms with Gasteiger partial charge in [-0.1, -0.05) is 71.9 Å². The lowest BCUT2D eigenvalue weighted by molar-refractivity contribution is -0.121. The van der Waals surface area contributed by atoms with Crippen LogP contribution in [0.15, 0.2) is 30.3 Å². The Labute approximate surface area is 180 Å². The molecule has 1 rings (SSSR count). The molecule has 0 fully saturated rings. The Morgan fingerprint density at radius 1 is 0.862 bits per heavy atom. The lowest BCUT2D eigenvalue weighted by Crippen LogP contribution is -2.53. The van der Waals surface area contributed by atoms with E-state index < -0.39 is 28.8 Å². The van der Waals surface area contributed by atoms with Crippen LogP contribution in [-0.4, -0.2) is 41.7 Å². The summed E-state index contributed by atoms with van der Waals surface area (Å²) >= 11 is 0. The van der Waals surface area contributed by atoms with Gasteiger partial charge in [-0.25, -0.2) is 0 Å². The molecule has 29 heavy (non-hydrogen) atoms. The maximum atomic E-state index is 12.1. The van der Waals surface area contributed by atoms with Gasteiger partial charge >= 0.3 is 0 Å². The van der Waals surface area contributed by atoms with E-state index >= 15 is 0 Å². The lowest BCUT2D eigenvalue weighted by Gasteiger charge is -2.43. The van der Waals surface area contributed by atoms with E-state index in [1.165, 1.54) is 0 Å². The summed E-state index contributed by atoms with van der Waals surface area (Å²) in [6.07, 6.45) is -0.128. The molecule has 0 bridgehead atoms. The van der Waals surface area contributed by atoms with Crippen LogP contribution in [0.1, 0.15) is 47.1 Å². The first kappa shape index (κ1) is 26.2. The fraction of sp³-hybridized carbons (Fsp3) is 0.696. The van der Waals surface area contributed by atoms with Crippen LogP contribution in [0, 0.1) is 0 Å². The summed E-state index contributed by atoms with van der Waals surface area (Å²) in [5.41, 5.74) is 1.10. The molecule has 0 N–H and O–H groups in total. The average molecular weight is 439 g/mol. The van der Waals surface area contributed by atoms with Crippen molar-refractivity contribution in [2.24, 2.45) is 0 Å². The molecule has 0 saturated heterocycles. The molecule has 0 aromatic heterocycles. The molecule has 0 spiro atoms. The SMILES string of the molecule is CC(C)(C)[Si](C)(C)O[C@@H](C=O)[C@H](COCc1ccccc1)O[Si](C)(C)C(C)(C)C. The fourth-order valence-corrected chi connectivity index (χ4v) is 4.88. The summed E-state index contributed by atoms with van der Waals surface area (Å²) in [6, 6.07) is 10.1. The maximum Gasteiger partial charge on any atom is 0.193 e. The summed E-state index contributed by atoms with van der Waals surface area (Å²) in [5.74, 6) is 0. The van der Waals surface area contributed by atoms with Gasteiger partial charge < -0.3 is 18.4 Å². The predicted octanol–water partition coefficient (Wildman–Crippen LogP) is 6.18. The zero-order valence-electron chi connectivity index (χ0n) is 20.2. The van der Waals surface area contributed by atoms with Gasteiger partial charge in [-0.15, -0.1) is 0 Å². The van der Waals surface area contributed by atoms with Gasteiger partial charge in [0, 0.05) is 0 Å². The van der Waals surface area contributed by atoms with E-state index in [2.05, 4.69) is 67.7 Å². The van der Waals surface area contributed by atoms with Crippen molar-refractivity contribution in [1.82, 2.24) is 0 Å². The van der Waals surface area contributed by atoms with Crippen molar-refractivity contribution in [3.63, 3.8) is 0 Å². The molecule has 0 radical (unpaired) electrons. The normalized spacial score (nSPS) is 15.8. The molecule has 0 aliphatic carbocycles. The van der Waals surface area contributed by atoms with Crippen molar-refractivity contribution in [2.45, 2.75) is 96.6 Å². The molecule has 0 aliphatic rings. The van der Waals surface area contributed by atoms with E-state index in [9.17, 15) is 4.79 Å². The second-order valence-corrected chi connectivity index (χ2v) is 20.4. The van der Waals surface area contributed by atoms with Crippen molar-refractivity contribution in [3.8, 4) is 0 Å². The molecule has 0 amide bonds. The molecule has 1 aromatic carbocycles.